The Morgan fingerprint density at radius 3 is 2.91 bits per heavy atom. The molecule has 2 atom stereocenters. The highest BCUT2D eigenvalue weighted by Crippen LogP contribution is 2.31. The molecular weight excluding hydrogens is 138 g/mol. The normalized spacial score (nSPS) is 37.5. The van der Waals surface area contributed by atoms with Crippen molar-refractivity contribution in [1.82, 2.24) is 4.90 Å². The van der Waals surface area contributed by atoms with Gasteiger partial charge in [0.1, 0.15) is 0 Å². The predicted molar refractivity (Wildman–Crippen MR) is 43.2 cm³/mol. The van der Waals surface area contributed by atoms with Crippen LogP contribution >= 0.6 is 0 Å². The molecule has 2 aliphatic rings. The number of hydrogen-bond acceptors (Lipinski definition) is 1. The third-order valence-electron chi connectivity index (χ3n) is 3.00. The largest absolute Gasteiger partial charge is 0.337 e. The molecule has 2 heterocycles. The van der Waals surface area contributed by atoms with Crippen LogP contribution < -0.4 is 0 Å². The second-order valence-corrected chi connectivity index (χ2v) is 3.77. The minimum Gasteiger partial charge on any atom is -0.337 e. The number of rotatable bonds is 0. The lowest BCUT2D eigenvalue weighted by atomic mass is 10.0. The van der Waals surface area contributed by atoms with Crippen molar-refractivity contribution in [3.05, 3.63) is 0 Å². The van der Waals surface area contributed by atoms with Gasteiger partial charge < -0.3 is 4.90 Å². The molecule has 0 N–H and O–H groups in total. The Morgan fingerprint density at radius 1 is 1.36 bits per heavy atom. The van der Waals surface area contributed by atoms with Crippen LogP contribution in [0.1, 0.15) is 39.0 Å². The Bertz CT molecular complexity index is 176. The smallest absolute Gasteiger partial charge is 0.223 e. The summed E-state index contributed by atoms with van der Waals surface area (Å²) in [5, 5.41) is 0. The average Bonchev–Trinajstić information content (AvgIpc) is 2.34. The number of hydrogen-bond donors (Lipinski definition) is 0. The monoisotopic (exact) mass is 153 g/mol. The molecule has 2 nitrogen and oxygen atoms in total. The van der Waals surface area contributed by atoms with Crippen LogP contribution in [0.25, 0.3) is 0 Å². The van der Waals surface area contributed by atoms with Gasteiger partial charge in [-0.3, -0.25) is 4.79 Å². The Morgan fingerprint density at radius 2 is 2.18 bits per heavy atom. The van der Waals surface area contributed by atoms with Crippen molar-refractivity contribution in [1.29, 1.82) is 0 Å². The van der Waals surface area contributed by atoms with Crippen LogP contribution in [-0.4, -0.2) is 22.9 Å². The number of carbonyl (C=O) groups excluding carboxylic acids is 1. The maximum atomic E-state index is 11.4. The van der Waals surface area contributed by atoms with Gasteiger partial charge in [0.2, 0.25) is 5.91 Å². The molecule has 1 amide bonds. The maximum Gasteiger partial charge on any atom is 0.223 e. The lowest BCUT2D eigenvalue weighted by Crippen LogP contribution is -2.42. The van der Waals surface area contributed by atoms with Gasteiger partial charge in [-0.05, 0) is 32.6 Å². The first kappa shape index (κ1) is 7.14. The molecule has 0 aromatic carbocycles. The first-order chi connectivity index (χ1) is 5.29. The van der Waals surface area contributed by atoms with Crippen LogP contribution in [0, 0.1) is 0 Å². The minimum absolute atomic E-state index is 0.395. The molecule has 0 aromatic heterocycles. The van der Waals surface area contributed by atoms with Crippen LogP contribution in [-0.2, 0) is 4.79 Å². The van der Waals surface area contributed by atoms with Gasteiger partial charge in [0.25, 0.3) is 0 Å². The first-order valence-corrected chi connectivity index (χ1v) is 4.60. The molecule has 2 fully saturated rings. The predicted octanol–water partition coefficient (Wildman–Crippen LogP) is 1.55. The van der Waals surface area contributed by atoms with Crippen molar-refractivity contribution in [3.63, 3.8) is 0 Å². The van der Waals surface area contributed by atoms with Gasteiger partial charge in [-0.2, -0.15) is 0 Å². The van der Waals surface area contributed by atoms with Crippen LogP contribution in [0.5, 0.6) is 0 Å². The number of amides is 1. The average molecular weight is 153 g/mol. The maximum absolute atomic E-state index is 11.4. The van der Waals surface area contributed by atoms with E-state index in [1.807, 2.05) is 0 Å². The SMILES string of the molecule is C[C@@H]1CC[C@H]2CCCC(=O)N21. The van der Waals surface area contributed by atoms with Crippen LogP contribution in [0.2, 0.25) is 0 Å². The molecule has 0 saturated carbocycles. The highest BCUT2D eigenvalue weighted by atomic mass is 16.2. The van der Waals surface area contributed by atoms with Gasteiger partial charge in [-0.25, -0.2) is 0 Å². The summed E-state index contributed by atoms with van der Waals surface area (Å²) < 4.78 is 0. The first-order valence-electron chi connectivity index (χ1n) is 4.60. The lowest BCUT2D eigenvalue weighted by molar-refractivity contribution is -0.136. The van der Waals surface area contributed by atoms with Crippen LogP contribution in [0.15, 0.2) is 0 Å². The third kappa shape index (κ3) is 1.05. The van der Waals surface area contributed by atoms with E-state index in [0.29, 0.717) is 18.0 Å². The molecule has 2 heteroatoms. The zero-order valence-electron chi connectivity index (χ0n) is 7.05. The third-order valence-corrected chi connectivity index (χ3v) is 3.00. The van der Waals surface area contributed by atoms with Crippen molar-refractivity contribution >= 4 is 5.91 Å². The summed E-state index contributed by atoms with van der Waals surface area (Å²) >= 11 is 0. The van der Waals surface area contributed by atoms with Crippen molar-refractivity contribution in [2.75, 3.05) is 0 Å². The molecule has 0 spiro atoms. The van der Waals surface area contributed by atoms with Crippen molar-refractivity contribution in [2.24, 2.45) is 0 Å². The van der Waals surface area contributed by atoms with E-state index in [1.54, 1.807) is 0 Å². The number of fused-ring (bicyclic) bond motifs is 1. The second kappa shape index (κ2) is 2.50. The molecule has 62 valence electrons. The van der Waals surface area contributed by atoms with Crippen LogP contribution in [0.3, 0.4) is 0 Å². The standard InChI is InChI=1S/C9H15NO/c1-7-5-6-8-3-2-4-9(11)10(7)8/h7-8H,2-6H2,1H3/t7-,8-/m1/s1. The Hall–Kier alpha value is -0.530. The summed E-state index contributed by atoms with van der Waals surface area (Å²) in [6.07, 6.45) is 5.62. The van der Waals surface area contributed by atoms with E-state index in [2.05, 4.69) is 11.8 Å². The zero-order valence-corrected chi connectivity index (χ0v) is 7.05. The van der Waals surface area contributed by atoms with Crippen molar-refractivity contribution in [2.45, 2.75) is 51.1 Å². The van der Waals surface area contributed by atoms with Gasteiger partial charge in [0.05, 0.1) is 0 Å². The summed E-state index contributed by atoms with van der Waals surface area (Å²) in [5.41, 5.74) is 0. The second-order valence-electron chi connectivity index (χ2n) is 3.77. The highest BCUT2D eigenvalue weighted by molar-refractivity contribution is 5.77. The topological polar surface area (TPSA) is 20.3 Å². The summed E-state index contributed by atoms with van der Waals surface area (Å²) in [5.74, 6) is 0.395. The molecule has 0 aliphatic carbocycles. The Balaban J connectivity index is 2.14. The fourth-order valence-corrected chi connectivity index (χ4v) is 2.42. The minimum atomic E-state index is 0.395. The number of piperidine rings is 1. The molecule has 0 radical (unpaired) electrons. The number of nitrogens with zero attached hydrogens (tertiary/aromatic N) is 1. The molecule has 2 aliphatic heterocycles. The summed E-state index contributed by atoms with van der Waals surface area (Å²) in [6, 6.07) is 1.12. The zero-order chi connectivity index (χ0) is 7.84. The van der Waals surface area contributed by atoms with E-state index >= 15 is 0 Å². The van der Waals surface area contributed by atoms with Gasteiger partial charge in [-0.15, -0.1) is 0 Å². The fraction of sp³-hybridized carbons (Fsp3) is 0.889. The van der Waals surface area contributed by atoms with Crippen molar-refractivity contribution in [3.8, 4) is 0 Å². The quantitative estimate of drug-likeness (QED) is 0.517. The summed E-state index contributed by atoms with van der Waals surface area (Å²) in [4.78, 5) is 13.5. The van der Waals surface area contributed by atoms with Crippen LogP contribution in [0.4, 0.5) is 0 Å². The number of carbonyl (C=O) groups is 1. The molecule has 11 heavy (non-hydrogen) atoms. The lowest BCUT2D eigenvalue weighted by Gasteiger charge is -2.32. The van der Waals surface area contributed by atoms with E-state index in [9.17, 15) is 4.79 Å². The summed E-state index contributed by atoms with van der Waals surface area (Å²) in [7, 11) is 0. The molecule has 0 aromatic rings. The molecular formula is C9H15NO. The van der Waals surface area contributed by atoms with E-state index in [0.717, 1.165) is 12.8 Å². The highest BCUT2D eigenvalue weighted by Gasteiger charge is 2.36. The van der Waals surface area contributed by atoms with Gasteiger partial charge in [0, 0.05) is 18.5 Å². The van der Waals surface area contributed by atoms with E-state index < -0.39 is 0 Å². The molecule has 0 unspecified atom stereocenters. The fourth-order valence-electron chi connectivity index (χ4n) is 2.42. The van der Waals surface area contributed by atoms with E-state index in [1.165, 1.54) is 19.3 Å². The van der Waals surface area contributed by atoms with E-state index in [4.69, 9.17) is 0 Å². The van der Waals surface area contributed by atoms with Gasteiger partial charge in [0.15, 0.2) is 0 Å². The molecule has 0 bridgehead atoms. The van der Waals surface area contributed by atoms with Gasteiger partial charge >= 0.3 is 0 Å². The van der Waals surface area contributed by atoms with Crippen molar-refractivity contribution < 1.29 is 4.79 Å². The summed E-state index contributed by atoms with van der Waals surface area (Å²) in [6.45, 7) is 2.17. The van der Waals surface area contributed by atoms with E-state index in [-0.39, 0.29) is 0 Å². The van der Waals surface area contributed by atoms with Gasteiger partial charge in [-0.1, -0.05) is 0 Å². The molecule has 2 saturated heterocycles. The Labute approximate surface area is 67.6 Å². The molecule has 2 rings (SSSR count). The Kier molecular flexibility index (Phi) is 1.63.